The summed E-state index contributed by atoms with van der Waals surface area (Å²) in [6.45, 7) is 6.76. The quantitative estimate of drug-likeness (QED) is 0.809. The molecule has 0 aliphatic carbocycles. The summed E-state index contributed by atoms with van der Waals surface area (Å²) in [5.41, 5.74) is 0. The molecule has 1 saturated heterocycles. The zero-order valence-electron chi connectivity index (χ0n) is 9.95. The first-order chi connectivity index (χ1) is 8.34. The summed E-state index contributed by atoms with van der Waals surface area (Å²) in [6, 6.07) is 4.00. The minimum atomic E-state index is 0.952. The second kappa shape index (κ2) is 6.93. The fourth-order valence-electron chi connectivity index (χ4n) is 1.93. The lowest BCUT2D eigenvalue weighted by Crippen LogP contribution is -2.44. The Hall–Kier alpha value is -0.650. The molecule has 1 aromatic heterocycles. The molecule has 4 nitrogen and oxygen atoms in total. The average molecular weight is 299 g/mol. The molecule has 1 aliphatic rings. The maximum absolute atomic E-state index is 4.28. The summed E-state index contributed by atoms with van der Waals surface area (Å²) in [5.74, 6) is 0.952. The number of piperazine rings is 1. The van der Waals surface area contributed by atoms with Crippen molar-refractivity contribution in [2.24, 2.45) is 0 Å². The number of rotatable bonds is 5. The fourth-order valence-corrected chi connectivity index (χ4v) is 2.17. The van der Waals surface area contributed by atoms with Crippen molar-refractivity contribution in [2.75, 3.05) is 44.6 Å². The maximum atomic E-state index is 4.28. The molecule has 94 valence electrons. The molecule has 1 aromatic rings. The van der Waals surface area contributed by atoms with E-state index in [1.807, 2.05) is 18.3 Å². The molecule has 2 rings (SSSR count). The predicted octanol–water partition coefficient (Wildman–Crippen LogP) is 1.55. The van der Waals surface area contributed by atoms with Crippen LogP contribution in [0.2, 0.25) is 0 Å². The lowest BCUT2D eigenvalue weighted by molar-refractivity contribution is 0.240. The van der Waals surface area contributed by atoms with E-state index in [2.05, 4.69) is 36.4 Å². The van der Waals surface area contributed by atoms with Crippen molar-refractivity contribution < 1.29 is 0 Å². The van der Waals surface area contributed by atoms with Gasteiger partial charge < -0.3 is 15.5 Å². The normalized spacial score (nSPS) is 17.0. The zero-order chi connectivity index (χ0) is 11.9. The van der Waals surface area contributed by atoms with Crippen LogP contribution in [0.1, 0.15) is 6.42 Å². The Morgan fingerprint density at radius 3 is 2.88 bits per heavy atom. The Balaban J connectivity index is 1.60. The van der Waals surface area contributed by atoms with E-state index in [9.17, 15) is 0 Å². The Labute approximate surface area is 111 Å². The standard InChI is InChI=1S/C12H19BrN4/c13-11-2-3-12(16-10-11)15-4-1-7-17-8-5-14-6-9-17/h2-3,10,14H,1,4-9H2,(H,15,16). The molecule has 2 N–H and O–H groups in total. The van der Waals surface area contributed by atoms with Crippen LogP contribution >= 0.6 is 15.9 Å². The second-order valence-electron chi connectivity index (χ2n) is 4.23. The van der Waals surface area contributed by atoms with E-state index in [1.165, 1.54) is 19.6 Å². The largest absolute Gasteiger partial charge is 0.370 e. The van der Waals surface area contributed by atoms with Crippen LogP contribution in [-0.4, -0.2) is 49.2 Å². The van der Waals surface area contributed by atoms with E-state index < -0.39 is 0 Å². The third-order valence-electron chi connectivity index (χ3n) is 2.89. The molecule has 5 heteroatoms. The number of hydrogen-bond donors (Lipinski definition) is 2. The minimum Gasteiger partial charge on any atom is -0.370 e. The summed E-state index contributed by atoms with van der Waals surface area (Å²) in [5, 5.41) is 6.70. The van der Waals surface area contributed by atoms with Gasteiger partial charge in [-0.25, -0.2) is 4.98 Å². The zero-order valence-corrected chi connectivity index (χ0v) is 11.5. The molecule has 0 amide bonds. The van der Waals surface area contributed by atoms with E-state index in [-0.39, 0.29) is 0 Å². The number of aromatic nitrogens is 1. The summed E-state index contributed by atoms with van der Waals surface area (Å²) in [6.07, 6.45) is 2.98. The van der Waals surface area contributed by atoms with Gasteiger partial charge in [0.2, 0.25) is 0 Å². The number of pyridine rings is 1. The van der Waals surface area contributed by atoms with Gasteiger partial charge >= 0.3 is 0 Å². The van der Waals surface area contributed by atoms with Crippen LogP contribution in [0.25, 0.3) is 0 Å². The molecule has 0 spiro atoms. The van der Waals surface area contributed by atoms with Crippen LogP contribution < -0.4 is 10.6 Å². The highest BCUT2D eigenvalue weighted by atomic mass is 79.9. The Kier molecular flexibility index (Phi) is 5.22. The topological polar surface area (TPSA) is 40.2 Å². The summed E-state index contributed by atoms with van der Waals surface area (Å²) in [7, 11) is 0. The fraction of sp³-hybridized carbons (Fsp3) is 0.583. The van der Waals surface area contributed by atoms with Crippen molar-refractivity contribution in [3.8, 4) is 0 Å². The van der Waals surface area contributed by atoms with Gasteiger partial charge in [0, 0.05) is 43.4 Å². The van der Waals surface area contributed by atoms with Crippen molar-refractivity contribution in [3.63, 3.8) is 0 Å². The lowest BCUT2D eigenvalue weighted by atomic mass is 10.3. The van der Waals surface area contributed by atoms with Gasteiger partial charge in [0.05, 0.1) is 0 Å². The molecule has 17 heavy (non-hydrogen) atoms. The first kappa shape index (κ1) is 12.8. The van der Waals surface area contributed by atoms with E-state index in [0.717, 1.165) is 36.3 Å². The van der Waals surface area contributed by atoms with Gasteiger partial charge in [0.25, 0.3) is 0 Å². The summed E-state index contributed by atoms with van der Waals surface area (Å²) in [4.78, 5) is 6.79. The van der Waals surface area contributed by atoms with Crippen LogP contribution in [0.15, 0.2) is 22.8 Å². The van der Waals surface area contributed by atoms with Crippen molar-refractivity contribution >= 4 is 21.7 Å². The molecule has 0 atom stereocenters. The lowest BCUT2D eigenvalue weighted by Gasteiger charge is -2.27. The van der Waals surface area contributed by atoms with Crippen LogP contribution in [0.3, 0.4) is 0 Å². The van der Waals surface area contributed by atoms with Crippen molar-refractivity contribution in [2.45, 2.75) is 6.42 Å². The highest BCUT2D eigenvalue weighted by Gasteiger charge is 2.07. The van der Waals surface area contributed by atoms with E-state index in [0.29, 0.717) is 0 Å². The number of anilines is 1. The maximum Gasteiger partial charge on any atom is 0.125 e. The molecule has 0 bridgehead atoms. The molecule has 0 aromatic carbocycles. The highest BCUT2D eigenvalue weighted by Crippen LogP contribution is 2.10. The first-order valence-electron chi connectivity index (χ1n) is 6.13. The molecule has 0 saturated carbocycles. The SMILES string of the molecule is Brc1ccc(NCCCN2CCNCC2)nc1. The third-order valence-corrected chi connectivity index (χ3v) is 3.36. The van der Waals surface area contributed by atoms with Gasteiger partial charge in [-0.2, -0.15) is 0 Å². The molecule has 1 aliphatic heterocycles. The first-order valence-corrected chi connectivity index (χ1v) is 6.92. The van der Waals surface area contributed by atoms with Crippen LogP contribution in [0.4, 0.5) is 5.82 Å². The van der Waals surface area contributed by atoms with E-state index >= 15 is 0 Å². The van der Waals surface area contributed by atoms with Crippen LogP contribution in [-0.2, 0) is 0 Å². The van der Waals surface area contributed by atoms with Gasteiger partial charge in [0.1, 0.15) is 5.82 Å². The van der Waals surface area contributed by atoms with E-state index in [4.69, 9.17) is 0 Å². The number of nitrogens with zero attached hydrogens (tertiary/aromatic N) is 2. The van der Waals surface area contributed by atoms with Gasteiger partial charge in [0.15, 0.2) is 0 Å². The van der Waals surface area contributed by atoms with Gasteiger partial charge in [-0.05, 0) is 41.0 Å². The number of hydrogen-bond acceptors (Lipinski definition) is 4. The smallest absolute Gasteiger partial charge is 0.125 e. The molecule has 0 unspecified atom stereocenters. The second-order valence-corrected chi connectivity index (χ2v) is 5.15. The van der Waals surface area contributed by atoms with Crippen molar-refractivity contribution in [3.05, 3.63) is 22.8 Å². The monoisotopic (exact) mass is 298 g/mol. The molecular weight excluding hydrogens is 280 g/mol. The van der Waals surface area contributed by atoms with Gasteiger partial charge in [-0.3, -0.25) is 0 Å². The Morgan fingerprint density at radius 1 is 1.35 bits per heavy atom. The molecule has 1 fully saturated rings. The van der Waals surface area contributed by atoms with Crippen molar-refractivity contribution in [1.29, 1.82) is 0 Å². The van der Waals surface area contributed by atoms with Crippen molar-refractivity contribution in [1.82, 2.24) is 15.2 Å². The Morgan fingerprint density at radius 2 is 2.18 bits per heavy atom. The van der Waals surface area contributed by atoms with Gasteiger partial charge in [-0.15, -0.1) is 0 Å². The summed E-state index contributed by atoms with van der Waals surface area (Å²) >= 11 is 3.38. The van der Waals surface area contributed by atoms with E-state index in [1.54, 1.807) is 0 Å². The van der Waals surface area contributed by atoms with Gasteiger partial charge in [-0.1, -0.05) is 0 Å². The minimum absolute atomic E-state index is 0.952. The molecule has 2 heterocycles. The third kappa shape index (κ3) is 4.61. The predicted molar refractivity (Wildman–Crippen MR) is 74.4 cm³/mol. The molecular formula is C12H19BrN4. The van der Waals surface area contributed by atoms with Crippen LogP contribution in [0, 0.1) is 0 Å². The molecule has 0 radical (unpaired) electrons. The number of nitrogens with one attached hydrogen (secondary N) is 2. The summed E-state index contributed by atoms with van der Waals surface area (Å²) < 4.78 is 1.02. The highest BCUT2D eigenvalue weighted by molar-refractivity contribution is 9.10. The Bertz CT molecular complexity index is 322. The van der Waals surface area contributed by atoms with Crippen LogP contribution in [0.5, 0.6) is 0 Å². The average Bonchev–Trinajstić information content (AvgIpc) is 2.38. The number of halogens is 1.